The second-order valence-corrected chi connectivity index (χ2v) is 6.09. The fourth-order valence-corrected chi connectivity index (χ4v) is 3.35. The minimum absolute atomic E-state index is 0.631. The van der Waals surface area contributed by atoms with E-state index in [4.69, 9.17) is 11.6 Å². The summed E-state index contributed by atoms with van der Waals surface area (Å²) < 4.78 is 0. The molecule has 2 aromatic rings. The Labute approximate surface area is 116 Å². The Morgan fingerprint density at radius 1 is 1.44 bits per heavy atom. The number of alkyl halides is 1. The highest BCUT2D eigenvalue weighted by atomic mass is 35.5. The van der Waals surface area contributed by atoms with Gasteiger partial charge in [0.05, 0.1) is 5.39 Å². The van der Waals surface area contributed by atoms with Gasteiger partial charge in [0.2, 0.25) is 0 Å². The third-order valence-electron chi connectivity index (χ3n) is 3.29. The van der Waals surface area contributed by atoms with Crippen molar-refractivity contribution < 1.29 is 0 Å². The molecule has 96 valence electrons. The summed E-state index contributed by atoms with van der Waals surface area (Å²) in [4.78, 5) is 13.7. The van der Waals surface area contributed by atoms with E-state index in [2.05, 4.69) is 27.9 Å². The minimum Gasteiger partial charge on any atom is -0.352 e. The smallest absolute Gasteiger partial charge is 0.141 e. The van der Waals surface area contributed by atoms with Crippen molar-refractivity contribution in [3.8, 4) is 0 Å². The number of aryl methyl sites for hydroxylation is 1. The summed E-state index contributed by atoms with van der Waals surface area (Å²) in [6.07, 6.45) is 5.25. The predicted octanol–water partition coefficient (Wildman–Crippen LogP) is 3.46. The zero-order valence-corrected chi connectivity index (χ0v) is 12.0. The molecule has 0 atom stereocenters. The first-order valence-electron chi connectivity index (χ1n) is 6.39. The number of halogens is 1. The fraction of sp³-hybridized carbons (Fsp3) is 0.538. The molecule has 1 saturated carbocycles. The summed E-state index contributed by atoms with van der Waals surface area (Å²) in [5.41, 5.74) is 0. The van der Waals surface area contributed by atoms with Crippen molar-refractivity contribution >= 4 is 39.0 Å². The van der Waals surface area contributed by atoms with Gasteiger partial charge in [0.1, 0.15) is 17.0 Å². The fourth-order valence-electron chi connectivity index (χ4n) is 2.23. The monoisotopic (exact) mass is 281 g/mol. The van der Waals surface area contributed by atoms with E-state index in [-0.39, 0.29) is 0 Å². The number of rotatable bonds is 5. The molecule has 0 radical (unpaired) electrons. The minimum atomic E-state index is 0.631. The van der Waals surface area contributed by atoms with E-state index in [9.17, 15) is 0 Å². The van der Waals surface area contributed by atoms with E-state index < -0.39 is 0 Å². The summed E-state index contributed by atoms with van der Waals surface area (Å²) in [6.45, 7) is 3.05. The maximum Gasteiger partial charge on any atom is 0.141 e. The molecule has 0 aliphatic heterocycles. The van der Waals surface area contributed by atoms with E-state index in [0.29, 0.717) is 11.9 Å². The quantitative estimate of drug-likeness (QED) is 0.786. The second-order valence-electron chi connectivity index (χ2n) is 4.60. The van der Waals surface area contributed by atoms with Crippen molar-refractivity contribution in [2.75, 3.05) is 17.3 Å². The molecule has 0 N–H and O–H groups in total. The van der Waals surface area contributed by atoms with Gasteiger partial charge in [-0.15, -0.1) is 22.9 Å². The lowest BCUT2D eigenvalue weighted by molar-refractivity contribution is 0.814. The van der Waals surface area contributed by atoms with Gasteiger partial charge in [-0.2, -0.15) is 0 Å². The van der Waals surface area contributed by atoms with E-state index in [1.807, 2.05) is 0 Å². The van der Waals surface area contributed by atoms with Crippen LogP contribution < -0.4 is 4.90 Å². The lowest BCUT2D eigenvalue weighted by atomic mass is 10.3. The van der Waals surface area contributed by atoms with Gasteiger partial charge in [0.25, 0.3) is 0 Å². The van der Waals surface area contributed by atoms with Crippen LogP contribution >= 0.6 is 22.9 Å². The highest BCUT2D eigenvalue weighted by Gasteiger charge is 2.30. The summed E-state index contributed by atoms with van der Waals surface area (Å²) in [6, 6.07) is 2.87. The molecule has 1 aliphatic rings. The second kappa shape index (κ2) is 5.02. The molecule has 0 unspecified atom stereocenters. The van der Waals surface area contributed by atoms with Crippen LogP contribution in [0.1, 0.15) is 24.6 Å². The summed E-state index contributed by atoms with van der Waals surface area (Å²) in [5.74, 6) is 1.71. The van der Waals surface area contributed by atoms with Gasteiger partial charge in [-0.25, -0.2) is 9.97 Å². The Kier molecular flexibility index (Phi) is 3.39. The molecule has 5 heteroatoms. The highest BCUT2D eigenvalue weighted by molar-refractivity contribution is 7.18. The van der Waals surface area contributed by atoms with Crippen LogP contribution in [0.25, 0.3) is 10.2 Å². The van der Waals surface area contributed by atoms with Crippen LogP contribution in [0.3, 0.4) is 0 Å². The van der Waals surface area contributed by atoms with Crippen LogP contribution in [-0.4, -0.2) is 28.4 Å². The van der Waals surface area contributed by atoms with Crippen LogP contribution in [0.2, 0.25) is 0 Å². The van der Waals surface area contributed by atoms with Crippen LogP contribution in [0, 0.1) is 0 Å². The van der Waals surface area contributed by atoms with Crippen molar-refractivity contribution in [3.63, 3.8) is 0 Å². The van der Waals surface area contributed by atoms with Crippen molar-refractivity contribution in [2.24, 2.45) is 0 Å². The van der Waals surface area contributed by atoms with Crippen LogP contribution in [0.15, 0.2) is 12.4 Å². The molecular weight excluding hydrogens is 266 g/mol. The van der Waals surface area contributed by atoms with Gasteiger partial charge in [0.15, 0.2) is 0 Å². The summed E-state index contributed by atoms with van der Waals surface area (Å²) >= 11 is 7.69. The number of hydrogen-bond acceptors (Lipinski definition) is 4. The number of anilines is 1. The highest BCUT2D eigenvalue weighted by Crippen LogP contribution is 2.36. The Balaban J connectivity index is 2.05. The van der Waals surface area contributed by atoms with Gasteiger partial charge >= 0.3 is 0 Å². The molecule has 18 heavy (non-hydrogen) atoms. The average Bonchev–Trinajstić information content (AvgIpc) is 3.13. The third kappa shape index (κ3) is 2.19. The molecule has 0 bridgehead atoms. The molecule has 0 amide bonds. The first kappa shape index (κ1) is 12.2. The van der Waals surface area contributed by atoms with Crippen LogP contribution in [0.5, 0.6) is 0 Å². The molecule has 2 aromatic heterocycles. The van der Waals surface area contributed by atoms with Crippen molar-refractivity contribution in [2.45, 2.75) is 32.2 Å². The molecule has 0 saturated heterocycles. The topological polar surface area (TPSA) is 29.0 Å². The van der Waals surface area contributed by atoms with Gasteiger partial charge in [-0.05, 0) is 25.3 Å². The standard InChI is InChI=1S/C13H16ClN3S/c1-2-10-7-11-12(15-8-16-13(11)18-10)17(6-5-14)9-3-4-9/h7-9H,2-6H2,1H3. The Bertz CT molecular complexity index is 550. The maximum absolute atomic E-state index is 5.92. The molecule has 1 fully saturated rings. The molecule has 3 nitrogen and oxygen atoms in total. The Hall–Kier alpha value is -0.870. The molecule has 3 rings (SSSR count). The number of fused-ring (bicyclic) bond motifs is 1. The predicted molar refractivity (Wildman–Crippen MR) is 77.9 cm³/mol. The lowest BCUT2D eigenvalue weighted by Crippen LogP contribution is -2.28. The van der Waals surface area contributed by atoms with Gasteiger partial charge in [-0.3, -0.25) is 0 Å². The largest absolute Gasteiger partial charge is 0.352 e. The van der Waals surface area contributed by atoms with Crippen LogP contribution in [0.4, 0.5) is 5.82 Å². The molecule has 1 aliphatic carbocycles. The zero-order valence-electron chi connectivity index (χ0n) is 10.4. The summed E-state index contributed by atoms with van der Waals surface area (Å²) in [5, 5.41) is 1.19. The number of nitrogens with zero attached hydrogens (tertiary/aromatic N) is 3. The Morgan fingerprint density at radius 2 is 2.28 bits per heavy atom. The van der Waals surface area contributed by atoms with Gasteiger partial charge < -0.3 is 4.90 Å². The van der Waals surface area contributed by atoms with E-state index in [0.717, 1.165) is 23.6 Å². The SMILES string of the molecule is CCc1cc2c(N(CCCl)C3CC3)ncnc2s1. The lowest BCUT2D eigenvalue weighted by Gasteiger charge is -2.22. The Morgan fingerprint density at radius 3 is 2.94 bits per heavy atom. The van der Waals surface area contributed by atoms with Crippen molar-refractivity contribution in [1.29, 1.82) is 0 Å². The number of hydrogen-bond donors (Lipinski definition) is 0. The number of aromatic nitrogens is 2. The normalized spacial score (nSPS) is 15.2. The molecule has 0 aromatic carbocycles. The first-order chi connectivity index (χ1) is 8.83. The first-order valence-corrected chi connectivity index (χ1v) is 7.74. The average molecular weight is 282 g/mol. The number of thiophene rings is 1. The molecule has 2 heterocycles. The third-order valence-corrected chi connectivity index (χ3v) is 4.65. The van der Waals surface area contributed by atoms with Gasteiger partial charge in [0, 0.05) is 23.3 Å². The molecular formula is C13H16ClN3S. The van der Waals surface area contributed by atoms with E-state index in [1.54, 1.807) is 17.7 Å². The molecule has 0 spiro atoms. The van der Waals surface area contributed by atoms with E-state index in [1.165, 1.54) is 23.1 Å². The maximum atomic E-state index is 5.92. The van der Waals surface area contributed by atoms with Gasteiger partial charge in [-0.1, -0.05) is 6.92 Å². The zero-order chi connectivity index (χ0) is 12.5. The van der Waals surface area contributed by atoms with E-state index >= 15 is 0 Å². The van der Waals surface area contributed by atoms with Crippen LogP contribution in [-0.2, 0) is 6.42 Å². The van der Waals surface area contributed by atoms with Crippen molar-refractivity contribution in [3.05, 3.63) is 17.3 Å². The van der Waals surface area contributed by atoms with Crippen molar-refractivity contribution in [1.82, 2.24) is 9.97 Å². The summed E-state index contributed by atoms with van der Waals surface area (Å²) in [7, 11) is 0.